The minimum absolute atomic E-state index is 0.00655. The van der Waals surface area contributed by atoms with Crippen LogP contribution in [0.2, 0.25) is 0 Å². The second-order valence-electron chi connectivity index (χ2n) is 34.2. The Morgan fingerprint density at radius 3 is 1.09 bits per heavy atom. The Bertz CT molecular complexity index is 4760. The first kappa shape index (κ1) is 116. The summed E-state index contributed by atoms with van der Waals surface area (Å²) in [4.78, 5) is 132. The van der Waals surface area contributed by atoms with Crippen LogP contribution in [0, 0.1) is 35.5 Å². The van der Waals surface area contributed by atoms with Crippen LogP contribution in [0.4, 0.5) is 0 Å². The molecule has 0 aliphatic heterocycles. The van der Waals surface area contributed by atoms with Gasteiger partial charge in [-0.1, -0.05) is 58.6 Å². The summed E-state index contributed by atoms with van der Waals surface area (Å²) in [5.41, 5.74) is 2.08. The van der Waals surface area contributed by atoms with E-state index in [0.29, 0.717) is 185 Å². The Morgan fingerprint density at radius 2 is 0.693 bits per heavy atom. The molecule has 30 nitrogen and oxygen atoms in total. The summed E-state index contributed by atoms with van der Waals surface area (Å²) in [6, 6.07) is 28.5. The number of thiazole rings is 1. The molecular weight excluding hydrogens is 1820 g/mol. The predicted molar refractivity (Wildman–Crippen MR) is 532 cm³/mol. The van der Waals surface area contributed by atoms with Crippen molar-refractivity contribution in [2.45, 2.75) is 238 Å². The molecule has 0 atom stereocenters. The van der Waals surface area contributed by atoms with Crippen molar-refractivity contribution in [3.05, 3.63) is 172 Å². The van der Waals surface area contributed by atoms with Crippen LogP contribution < -0.4 is 33.2 Å². The van der Waals surface area contributed by atoms with Crippen LogP contribution >= 0.6 is 11.3 Å². The Kier molecular flexibility index (Phi) is 57.2. The van der Waals surface area contributed by atoms with Gasteiger partial charge in [-0.05, 0) is 291 Å². The first-order chi connectivity index (χ1) is 67.9. The van der Waals surface area contributed by atoms with Gasteiger partial charge in [0, 0.05) is 68.6 Å². The summed E-state index contributed by atoms with van der Waals surface area (Å²) >= 11 is 1.27. The molecule has 31 heteroatoms. The zero-order chi connectivity index (χ0) is 101. The largest absolute Gasteiger partial charge is 0.497 e. The highest BCUT2D eigenvalue weighted by molar-refractivity contribution is 7.22. The van der Waals surface area contributed by atoms with Crippen molar-refractivity contribution in [3.63, 3.8) is 0 Å². The minimum atomic E-state index is -0.420. The van der Waals surface area contributed by atoms with Crippen LogP contribution in [0.3, 0.4) is 0 Å². The summed E-state index contributed by atoms with van der Waals surface area (Å²) in [5, 5.41) is 0.524. The van der Waals surface area contributed by atoms with E-state index in [1.807, 2.05) is 55.6 Å². The topological polar surface area (TPSA) is 375 Å². The van der Waals surface area contributed by atoms with E-state index in [1.165, 1.54) is 68.4 Å². The molecule has 0 spiro atoms. The maximum atomic E-state index is 13.1. The molecule has 7 aromatic rings. The smallest absolute Gasteiger partial charge is 0.338 e. The maximum Gasteiger partial charge on any atom is 0.338 e. The number of fused-ring (bicyclic) bond motifs is 2. The first-order valence-corrected chi connectivity index (χ1v) is 49.6. The molecule has 11 rings (SSSR count). The molecule has 4 aliphatic carbocycles. The van der Waals surface area contributed by atoms with Crippen LogP contribution in [0.25, 0.3) is 32.2 Å². The standard InChI is InChI=1S/C31H31NO8S.C17H22O5.C16H22O4.C16H28O3.C15H24O5.C14H18O4/c1-16(33)18-3-7-20(8-4-18)30(35)39-23-11-12-24(40-31(36)21-9-5-19(6-10-21)17(2)34)28-27(23)32-29(41-28)26-15-25-22(38-26)13-14-37-25;1-3-16(18)21-12-6-4-5-7-13-22-17(19)14-8-10-15(20-2)11-9-14;1-3-16(17)20-13-7-5-4-6-12-19-15-10-8-14(18-2)9-11-15;1-3-16(17)19-13-7-5-4-6-8-14-9-11-15(18-2)12-10-14;1-3-14(16)19-10-4-5-11-20-15(17)12-6-8-13(18-2)9-7-12;1-3-14(15)18-11-5-4-10-17-13-8-6-12(16-2)7-9-13/h11-15,18-21H,3-10H2,1-2H3;3,8-11H,1,4-7,12-13H2,2H3;3,8-11H,1,4-7,12-13H2,2H3;3,14-15H,1,4-13H2,2H3;3,12-13H,1,4-11H2,2H3;3,6-9H,1,4-5,10-11H2,2H3. The molecule has 0 saturated heterocycles. The van der Waals surface area contributed by atoms with Gasteiger partial charge in [0.1, 0.15) is 50.5 Å². The fourth-order valence-corrected chi connectivity index (χ4v) is 16.7. The van der Waals surface area contributed by atoms with Crippen LogP contribution in [-0.2, 0) is 90.6 Å². The highest BCUT2D eigenvalue weighted by Crippen LogP contribution is 2.44. The number of hydrogen-bond acceptors (Lipinski definition) is 31. The third-order valence-electron chi connectivity index (χ3n) is 24.2. The van der Waals surface area contributed by atoms with Gasteiger partial charge in [0.05, 0.1) is 123 Å². The molecule has 4 aliphatic rings. The summed E-state index contributed by atoms with van der Waals surface area (Å²) in [6.45, 7) is 24.0. The Labute approximate surface area is 827 Å². The van der Waals surface area contributed by atoms with E-state index in [-0.39, 0.29) is 88.7 Å². The Balaban J connectivity index is 0.000000267. The molecule has 4 aromatic carbocycles. The summed E-state index contributed by atoms with van der Waals surface area (Å²) in [5.74, 6) is 2.77. The molecular formula is C109H145NO29S. The number of rotatable bonds is 52. The van der Waals surface area contributed by atoms with Gasteiger partial charge in [0.2, 0.25) is 0 Å². The average molecular weight is 1970 g/mol. The molecule has 0 unspecified atom stereocenters. The number of hydrogen-bond donors (Lipinski definition) is 0. The second kappa shape index (κ2) is 68.8. The normalized spacial score (nSPS) is 17.2. The van der Waals surface area contributed by atoms with Crippen molar-refractivity contribution in [1.29, 1.82) is 0 Å². The number of furan rings is 2. The van der Waals surface area contributed by atoms with Gasteiger partial charge in [-0.25, -0.2) is 33.8 Å². The van der Waals surface area contributed by atoms with Gasteiger partial charge in [-0.2, -0.15) is 0 Å². The molecule has 140 heavy (non-hydrogen) atoms. The maximum absolute atomic E-state index is 13.1. The summed E-state index contributed by atoms with van der Waals surface area (Å²) in [7, 11) is 8.38. The van der Waals surface area contributed by atoms with E-state index in [2.05, 4.69) is 32.9 Å². The van der Waals surface area contributed by atoms with Crippen LogP contribution in [-0.4, -0.2) is 177 Å². The highest BCUT2D eigenvalue weighted by Gasteiger charge is 2.34. The van der Waals surface area contributed by atoms with E-state index in [9.17, 15) is 52.7 Å². The molecule has 0 amide bonds. The monoisotopic (exact) mass is 1960 g/mol. The van der Waals surface area contributed by atoms with Gasteiger partial charge >= 0.3 is 53.7 Å². The lowest BCUT2D eigenvalue weighted by Crippen LogP contribution is -2.28. The van der Waals surface area contributed by atoms with E-state index in [1.54, 1.807) is 97.1 Å². The minimum Gasteiger partial charge on any atom is -0.497 e. The fraction of sp³-hybridized carbons (Fsp3) is 0.523. The summed E-state index contributed by atoms with van der Waals surface area (Å²) < 4.78 is 95.4. The zero-order valence-electron chi connectivity index (χ0n) is 82.7. The number of carbonyl (C=O) groups excluding carboxylic acids is 11. The number of ether oxygens (including phenoxy) is 16. The third-order valence-corrected chi connectivity index (χ3v) is 25.2. The lowest BCUT2D eigenvalue weighted by molar-refractivity contribution is -0.151. The molecule has 0 N–H and O–H groups in total. The number of ketones is 2. The Morgan fingerprint density at radius 1 is 0.357 bits per heavy atom. The SMILES string of the molecule is C=CC(=O)OCCCCCCC1CCC(OC)CC1.C=CC(=O)OCCCCCCOC(=O)c1ccc(OC)cc1.C=CC(=O)OCCCCCCOc1ccc(OC)cc1.C=CC(=O)OCCCCOC(=O)C1CCC(OC)CC1.C=CC(=O)OCCCCOc1ccc(OC)cc1.CC(=O)C1CCC(C(=O)Oc2ccc(OC(=O)C3CCC(C(C)=O)CC3)c3sc(-c4cc5occc5o4)nc23)CC1. The van der Waals surface area contributed by atoms with E-state index in [0.717, 1.165) is 150 Å². The van der Waals surface area contributed by atoms with Crippen LogP contribution in [0.15, 0.2) is 175 Å². The first-order valence-electron chi connectivity index (χ1n) is 48.8. The van der Waals surface area contributed by atoms with Crippen LogP contribution in [0.5, 0.6) is 40.2 Å². The summed E-state index contributed by atoms with van der Waals surface area (Å²) in [6.07, 6.45) is 38.3. The zero-order valence-corrected chi connectivity index (χ0v) is 83.6. The fourth-order valence-electron chi connectivity index (χ4n) is 15.7. The van der Waals surface area contributed by atoms with Crippen molar-refractivity contribution in [2.24, 2.45) is 35.5 Å². The number of carbonyl (C=O) groups is 11. The van der Waals surface area contributed by atoms with Gasteiger partial charge in [-0.3, -0.25) is 24.0 Å². The molecule has 4 saturated carbocycles. The number of aromatic nitrogens is 1. The number of benzene rings is 4. The van der Waals surface area contributed by atoms with Gasteiger partial charge in [-0.15, -0.1) is 11.3 Å². The number of esters is 9. The predicted octanol–water partition coefficient (Wildman–Crippen LogP) is 22.1. The van der Waals surface area contributed by atoms with Crippen LogP contribution in [0.1, 0.15) is 236 Å². The van der Waals surface area contributed by atoms with Gasteiger partial charge in [0.15, 0.2) is 33.4 Å². The molecule has 4 fully saturated rings. The van der Waals surface area contributed by atoms with E-state index in [4.69, 9.17) is 89.6 Å². The second-order valence-corrected chi connectivity index (χ2v) is 35.1. The Hall–Kier alpha value is -12.2. The number of Topliss-reactive ketones (excluding diaryl/α,β-unsaturated/α-hetero) is 2. The lowest BCUT2D eigenvalue weighted by Gasteiger charge is -2.27. The molecule has 766 valence electrons. The van der Waals surface area contributed by atoms with Gasteiger partial charge in [0.25, 0.3) is 0 Å². The van der Waals surface area contributed by atoms with Crippen molar-refractivity contribution in [3.8, 4) is 51.0 Å². The molecule has 3 aromatic heterocycles. The number of nitrogens with zero attached hydrogens (tertiary/aromatic N) is 1. The van der Waals surface area contributed by atoms with E-state index >= 15 is 0 Å². The third kappa shape index (κ3) is 45.8. The molecule has 0 radical (unpaired) electrons. The van der Waals surface area contributed by atoms with E-state index < -0.39 is 11.9 Å². The number of unbranched alkanes of at least 4 members (excludes halogenated alkanes) is 11. The number of methoxy groups -OCH3 is 5. The highest BCUT2D eigenvalue weighted by atomic mass is 32.1. The van der Waals surface area contributed by atoms with Crippen molar-refractivity contribution in [2.75, 3.05) is 95.0 Å². The van der Waals surface area contributed by atoms with Crippen molar-refractivity contribution >= 4 is 98.0 Å². The lowest BCUT2D eigenvalue weighted by atomic mass is 9.80. The van der Waals surface area contributed by atoms with Gasteiger partial charge < -0.3 is 84.6 Å². The molecule has 0 bridgehead atoms. The average Bonchev–Trinajstić information content (AvgIpc) is 1.61. The quantitative estimate of drug-likeness (QED) is 0.0112. The van der Waals surface area contributed by atoms with Crippen molar-refractivity contribution in [1.82, 2.24) is 4.98 Å². The molecule has 3 heterocycles. The van der Waals surface area contributed by atoms with Crippen molar-refractivity contribution < 1.29 is 137 Å².